The van der Waals surface area contributed by atoms with Crippen molar-refractivity contribution in [3.05, 3.63) is 182 Å². The van der Waals surface area contributed by atoms with Crippen LogP contribution < -0.4 is 0 Å². The minimum atomic E-state index is 1.22. The Bertz CT molecular complexity index is 2500. The molecule has 0 heteroatoms. The van der Waals surface area contributed by atoms with Gasteiger partial charge in [0.1, 0.15) is 0 Å². The predicted octanol–water partition coefficient (Wildman–Crippen LogP) is 13.0. The maximum atomic E-state index is 2.36. The van der Waals surface area contributed by atoms with Crippen molar-refractivity contribution in [2.24, 2.45) is 0 Å². The highest BCUT2D eigenvalue weighted by molar-refractivity contribution is 6.24. The average Bonchev–Trinajstić information content (AvgIpc) is 3.14. The van der Waals surface area contributed by atoms with E-state index in [1.165, 1.54) is 87.6 Å². The van der Waals surface area contributed by atoms with E-state index in [1.807, 2.05) is 0 Å². The standard InChI is InChI=1S/C46H30/c1-2-12-31(13-3-1)32-24-26-33(27-25-32)35-15-10-16-36(30-35)45-41-18-6-8-20-43(41)46(44-21-9-7-19-42(44)45)40-23-11-22-38-37-17-5-4-14-34(37)28-29-39(38)40/h1-30H. The minimum Gasteiger partial charge on any atom is -0.0622 e. The van der Waals surface area contributed by atoms with E-state index < -0.39 is 0 Å². The summed E-state index contributed by atoms with van der Waals surface area (Å²) in [4.78, 5) is 0. The molecular weight excluding hydrogens is 553 g/mol. The van der Waals surface area contributed by atoms with Crippen LogP contribution in [0.1, 0.15) is 0 Å². The first kappa shape index (κ1) is 26.4. The van der Waals surface area contributed by atoms with Gasteiger partial charge in [0.25, 0.3) is 0 Å². The van der Waals surface area contributed by atoms with Crippen LogP contribution in [0.3, 0.4) is 0 Å². The van der Waals surface area contributed by atoms with Crippen molar-refractivity contribution in [3.8, 4) is 44.5 Å². The molecule has 0 aromatic heterocycles. The second-order valence-corrected chi connectivity index (χ2v) is 12.1. The van der Waals surface area contributed by atoms with E-state index in [2.05, 4.69) is 182 Å². The van der Waals surface area contributed by atoms with Crippen molar-refractivity contribution in [1.82, 2.24) is 0 Å². The summed E-state index contributed by atoms with van der Waals surface area (Å²) in [5, 5.41) is 10.2. The lowest BCUT2D eigenvalue weighted by molar-refractivity contribution is 1.59. The van der Waals surface area contributed by atoms with Crippen LogP contribution >= 0.6 is 0 Å². The predicted molar refractivity (Wildman–Crippen MR) is 198 cm³/mol. The summed E-state index contributed by atoms with van der Waals surface area (Å²) < 4.78 is 0. The molecule has 0 heterocycles. The molecule has 0 unspecified atom stereocenters. The molecule has 9 aromatic rings. The summed E-state index contributed by atoms with van der Waals surface area (Å²) in [5.41, 5.74) is 9.98. The van der Waals surface area contributed by atoms with Gasteiger partial charge in [-0.05, 0) is 93.7 Å². The monoisotopic (exact) mass is 582 g/mol. The Morgan fingerprint density at radius 1 is 0.217 bits per heavy atom. The first-order valence-corrected chi connectivity index (χ1v) is 15.9. The van der Waals surface area contributed by atoms with Crippen molar-refractivity contribution < 1.29 is 0 Å². The lowest BCUT2D eigenvalue weighted by atomic mass is 9.84. The van der Waals surface area contributed by atoms with Gasteiger partial charge in [-0.2, -0.15) is 0 Å². The summed E-state index contributed by atoms with van der Waals surface area (Å²) in [7, 11) is 0. The molecule has 9 rings (SSSR count). The SMILES string of the molecule is c1ccc(-c2ccc(-c3cccc(-c4c5ccccc5c(-c5cccc6c5ccc5ccccc56)c5ccccc45)c3)cc2)cc1. The van der Waals surface area contributed by atoms with Gasteiger partial charge in [0.05, 0.1) is 0 Å². The normalized spacial score (nSPS) is 11.5. The Hall–Kier alpha value is -5.98. The zero-order valence-electron chi connectivity index (χ0n) is 25.3. The fourth-order valence-corrected chi connectivity index (χ4v) is 7.33. The molecule has 0 nitrogen and oxygen atoms in total. The summed E-state index contributed by atoms with van der Waals surface area (Å²) in [5.74, 6) is 0. The second kappa shape index (κ2) is 10.9. The van der Waals surface area contributed by atoms with Crippen molar-refractivity contribution in [3.63, 3.8) is 0 Å². The molecule has 214 valence electrons. The maximum absolute atomic E-state index is 2.36. The number of fused-ring (bicyclic) bond motifs is 5. The summed E-state index contributed by atoms with van der Waals surface area (Å²) >= 11 is 0. The molecule has 0 bridgehead atoms. The quantitative estimate of drug-likeness (QED) is 0.143. The van der Waals surface area contributed by atoms with Crippen LogP contribution in [0.25, 0.3) is 87.6 Å². The van der Waals surface area contributed by atoms with E-state index in [9.17, 15) is 0 Å². The third-order valence-corrected chi connectivity index (χ3v) is 9.46. The molecule has 46 heavy (non-hydrogen) atoms. The van der Waals surface area contributed by atoms with Crippen LogP contribution in [-0.2, 0) is 0 Å². The molecule has 0 saturated heterocycles. The molecular formula is C46H30. The van der Waals surface area contributed by atoms with Gasteiger partial charge in [0.2, 0.25) is 0 Å². The summed E-state index contributed by atoms with van der Waals surface area (Å²) in [6, 6.07) is 66.5. The van der Waals surface area contributed by atoms with Gasteiger partial charge in [0.15, 0.2) is 0 Å². The van der Waals surface area contributed by atoms with Crippen molar-refractivity contribution in [2.45, 2.75) is 0 Å². The van der Waals surface area contributed by atoms with Gasteiger partial charge >= 0.3 is 0 Å². The third kappa shape index (κ3) is 4.30. The van der Waals surface area contributed by atoms with Crippen LogP contribution in [0.15, 0.2) is 182 Å². The Morgan fingerprint density at radius 2 is 0.696 bits per heavy atom. The zero-order valence-corrected chi connectivity index (χ0v) is 25.3. The Kier molecular flexibility index (Phi) is 6.25. The molecule has 0 radical (unpaired) electrons. The average molecular weight is 583 g/mol. The highest BCUT2D eigenvalue weighted by Gasteiger charge is 2.18. The van der Waals surface area contributed by atoms with Gasteiger partial charge in [-0.3, -0.25) is 0 Å². The Labute approximate surface area is 268 Å². The van der Waals surface area contributed by atoms with Crippen LogP contribution in [0.4, 0.5) is 0 Å². The smallest absolute Gasteiger partial charge is 0.00201 e. The lowest BCUT2D eigenvalue weighted by Gasteiger charge is -2.19. The second-order valence-electron chi connectivity index (χ2n) is 12.1. The molecule has 0 saturated carbocycles. The number of hydrogen-bond donors (Lipinski definition) is 0. The molecule has 9 aromatic carbocycles. The summed E-state index contributed by atoms with van der Waals surface area (Å²) in [6.07, 6.45) is 0. The van der Waals surface area contributed by atoms with Gasteiger partial charge in [-0.25, -0.2) is 0 Å². The van der Waals surface area contributed by atoms with E-state index in [0.717, 1.165) is 0 Å². The lowest BCUT2D eigenvalue weighted by Crippen LogP contribution is -1.92. The van der Waals surface area contributed by atoms with E-state index in [0.29, 0.717) is 0 Å². The molecule has 0 N–H and O–H groups in total. The van der Waals surface area contributed by atoms with Crippen LogP contribution in [-0.4, -0.2) is 0 Å². The molecule has 0 fully saturated rings. The summed E-state index contributed by atoms with van der Waals surface area (Å²) in [6.45, 7) is 0. The first-order valence-electron chi connectivity index (χ1n) is 15.9. The largest absolute Gasteiger partial charge is 0.0622 e. The molecule has 0 spiro atoms. The highest BCUT2D eigenvalue weighted by atomic mass is 14.2. The third-order valence-electron chi connectivity index (χ3n) is 9.46. The fourth-order valence-electron chi connectivity index (χ4n) is 7.33. The van der Waals surface area contributed by atoms with E-state index in [-0.39, 0.29) is 0 Å². The zero-order chi connectivity index (χ0) is 30.5. The maximum Gasteiger partial charge on any atom is -0.00201 e. The topological polar surface area (TPSA) is 0 Å². The molecule has 0 aliphatic carbocycles. The molecule has 0 atom stereocenters. The van der Waals surface area contributed by atoms with Gasteiger partial charge in [-0.15, -0.1) is 0 Å². The van der Waals surface area contributed by atoms with Crippen LogP contribution in [0.5, 0.6) is 0 Å². The van der Waals surface area contributed by atoms with Crippen LogP contribution in [0, 0.1) is 0 Å². The molecule has 0 amide bonds. The van der Waals surface area contributed by atoms with Crippen molar-refractivity contribution in [2.75, 3.05) is 0 Å². The van der Waals surface area contributed by atoms with Crippen molar-refractivity contribution in [1.29, 1.82) is 0 Å². The van der Waals surface area contributed by atoms with Crippen LogP contribution in [0.2, 0.25) is 0 Å². The minimum absolute atomic E-state index is 1.22. The number of rotatable bonds is 4. The Morgan fingerprint density at radius 3 is 1.39 bits per heavy atom. The number of benzene rings is 9. The van der Waals surface area contributed by atoms with Gasteiger partial charge in [0, 0.05) is 0 Å². The van der Waals surface area contributed by atoms with E-state index >= 15 is 0 Å². The fraction of sp³-hybridized carbons (Fsp3) is 0. The van der Waals surface area contributed by atoms with Crippen molar-refractivity contribution >= 4 is 43.1 Å². The molecule has 0 aliphatic heterocycles. The van der Waals surface area contributed by atoms with Gasteiger partial charge in [-0.1, -0.05) is 176 Å². The van der Waals surface area contributed by atoms with E-state index in [1.54, 1.807) is 0 Å². The Balaban J connectivity index is 1.26. The first-order chi connectivity index (χ1) is 22.8. The highest BCUT2D eigenvalue weighted by Crippen LogP contribution is 2.46. The molecule has 0 aliphatic rings. The van der Waals surface area contributed by atoms with Gasteiger partial charge < -0.3 is 0 Å². The van der Waals surface area contributed by atoms with E-state index in [4.69, 9.17) is 0 Å². The number of hydrogen-bond acceptors (Lipinski definition) is 0.